The first kappa shape index (κ1) is 19.0. The molecule has 1 heterocycles. The molecule has 1 aromatic heterocycles. The highest BCUT2D eigenvalue weighted by atomic mass is 32.2. The Morgan fingerprint density at radius 3 is 2.59 bits per heavy atom. The lowest BCUT2D eigenvalue weighted by Gasteiger charge is -2.10. The monoisotopic (exact) mass is 380 g/mol. The van der Waals surface area contributed by atoms with Crippen LogP contribution in [0.1, 0.15) is 22.5 Å². The molecule has 2 aromatic carbocycles. The normalized spacial score (nSPS) is 10.7. The van der Waals surface area contributed by atoms with E-state index in [0.717, 1.165) is 27.7 Å². The standard InChI is InChI=1S/C21H24N4OS/c1-14-7-5-8-17(11-14)13-25-16(3)20(15(2)24-25)23-21(26)22-18-9-6-10-19(12-18)27-4/h5-12H,13H2,1-4H3,(H2,22,23,26). The van der Waals surface area contributed by atoms with E-state index < -0.39 is 0 Å². The first-order chi connectivity index (χ1) is 13.0. The summed E-state index contributed by atoms with van der Waals surface area (Å²) in [6, 6.07) is 15.9. The van der Waals surface area contributed by atoms with Crippen LogP contribution in [0.25, 0.3) is 0 Å². The van der Waals surface area contributed by atoms with E-state index in [-0.39, 0.29) is 6.03 Å². The average molecular weight is 381 g/mol. The molecule has 0 saturated heterocycles. The van der Waals surface area contributed by atoms with Crippen molar-refractivity contribution in [3.8, 4) is 0 Å². The zero-order valence-electron chi connectivity index (χ0n) is 16.0. The number of thioether (sulfide) groups is 1. The third-order valence-electron chi connectivity index (χ3n) is 4.36. The molecular weight excluding hydrogens is 356 g/mol. The number of hydrogen-bond acceptors (Lipinski definition) is 3. The van der Waals surface area contributed by atoms with Gasteiger partial charge in [-0.3, -0.25) is 4.68 Å². The molecule has 0 fully saturated rings. The number of rotatable bonds is 5. The molecule has 140 valence electrons. The molecule has 0 radical (unpaired) electrons. The van der Waals surface area contributed by atoms with Crippen LogP contribution < -0.4 is 10.6 Å². The summed E-state index contributed by atoms with van der Waals surface area (Å²) >= 11 is 1.64. The minimum absolute atomic E-state index is 0.269. The predicted octanol–water partition coefficient (Wildman–Crippen LogP) is 5.22. The second-order valence-corrected chi connectivity index (χ2v) is 7.38. The molecule has 0 unspecified atom stereocenters. The molecule has 2 amide bonds. The van der Waals surface area contributed by atoms with Gasteiger partial charge in [0.25, 0.3) is 0 Å². The summed E-state index contributed by atoms with van der Waals surface area (Å²) in [5.74, 6) is 0. The summed E-state index contributed by atoms with van der Waals surface area (Å²) in [6.07, 6.45) is 2.01. The minimum Gasteiger partial charge on any atom is -0.308 e. The molecule has 0 atom stereocenters. The number of hydrogen-bond donors (Lipinski definition) is 2. The molecule has 5 nitrogen and oxygen atoms in total. The molecule has 0 aliphatic rings. The van der Waals surface area contributed by atoms with Gasteiger partial charge in [0.1, 0.15) is 0 Å². The summed E-state index contributed by atoms with van der Waals surface area (Å²) in [7, 11) is 0. The largest absolute Gasteiger partial charge is 0.323 e. The topological polar surface area (TPSA) is 59.0 Å². The van der Waals surface area contributed by atoms with E-state index in [1.807, 2.05) is 55.1 Å². The van der Waals surface area contributed by atoms with Gasteiger partial charge in [0, 0.05) is 10.6 Å². The Morgan fingerprint density at radius 2 is 1.85 bits per heavy atom. The van der Waals surface area contributed by atoms with E-state index in [4.69, 9.17) is 0 Å². The molecule has 3 aromatic rings. The van der Waals surface area contributed by atoms with Gasteiger partial charge in [-0.2, -0.15) is 5.10 Å². The number of anilines is 2. The van der Waals surface area contributed by atoms with Crippen LogP contribution in [-0.4, -0.2) is 22.1 Å². The van der Waals surface area contributed by atoms with E-state index in [9.17, 15) is 4.79 Å². The Hall–Kier alpha value is -2.73. The Kier molecular flexibility index (Phi) is 5.86. The Balaban J connectivity index is 1.73. The number of carbonyl (C=O) groups is 1. The molecule has 0 spiro atoms. The van der Waals surface area contributed by atoms with Gasteiger partial charge in [-0.1, -0.05) is 35.9 Å². The Labute approximate surface area is 164 Å². The molecule has 0 aliphatic heterocycles. The highest BCUT2D eigenvalue weighted by molar-refractivity contribution is 7.98. The van der Waals surface area contributed by atoms with Gasteiger partial charge in [0.15, 0.2) is 0 Å². The smallest absolute Gasteiger partial charge is 0.308 e. The van der Waals surface area contributed by atoms with Gasteiger partial charge in [-0.05, 0) is 50.8 Å². The third-order valence-corrected chi connectivity index (χ3v) is 5.09. The number of aromatic nitrogens is 2. The van der Waals surface area contributed by atoms with E-state index in [0.29, 0.717) is 6.54 Å². The summed E-state index contributed by atoms with van der Waals surface area (Å²) in [4.78, 5) is 13.5. The summed E-state index contributed by atoms with van der Waals surface area (Å²) in [5, 5.41) is 10.4. The number of amides is 2. The number of benzene rings is 2. The van der Waals surface area contributed by atoms with Gasteiger partial charge >= 0.3 is 6.03 Å². The fourth-order valence-electron chi connectivity index (χ4n) is 2.99. The number of aryl methyl sites for hydroxylation is 2. The first-order valence-electron chi connectivity index (χ1n) is 8.78. The first-order valence-corrected chi connectivity index (χ1v) is 10.0. The van der Waals surface area contributed by atoms with Crippen LogP contribution in [0.4, 0.5) is 16.2 Å². The maximum Gasteiger partial charge on any atom is 0.323 e. The fourth-order valence-corrected chi connectivity index (χ4v) is 3.45. The lowest BCUT2D eigenvalue weighted by molar-refractivity contribution is 0.262. The van der Waals surface area contributed by atoms with Crippen molar-refractivity contribution < 1.29 is 4.79 Å². The lowest BCUT2D eigenvalue weighted by atomic mass is 10.1. The van der Waals surface area contributed by atoms with Crippen molar-refractivity contribution in [3.63, 3.8) is 0 Å². The summed E-state index contributed by atoms with van der Waals surface area (Å²) in [6.45, 7) is 6.63. The van der Waals surface area contributed by atoms with E-state index >= 15 is 0 Å². The number of nitrogens with zero attached hydrogens (tertiary/aromatic N) is 2. The average Bonchev–Trinajstić information content (AvgIpc) is 2.89. The van der Waals surface area contributed by atoms with E-state index in [1.165, 1.54) is 11.1 Å². The Bertz CT molecular complexity index is 965. The quantitative estimate of drug-likeness (QED) is 0.597. The van der Waals surface area contributed by atoms with Gasteiger partial charge in [-0.15, -0.1) is 11.8 Å². The van der Waals surface area contributed by atoms with E-state index in [2.05, 4.69) is 40.9 Å². The number of carbonyl (C=O) groups excluding carboxylic acids is 1. The summed E-state index contributed by atoms with van der Waals surface area (Å²) in [5.41, 5.74) is 5.66. The van der Waals surface area contributed by atoms with Crippen molar-refractivity contribution in [2.45, 2.75) is 32.2 Å². The van der Waals surface area contributed by atoms with Crippen molar-refractivity contribution in [1.29, 1.82) is 0 Å². The molecule has 0 saturated carbocycles. The van der Waals surface area contributed by atoms with Crippen molar-refractivity contribution in [2.24, 2.45) is 0 Å². The zero-order valence-corrected chi connectivity index (χ0v) is 16.9. The fraction of sp³-hybridized carbons (Fsp3) is 0.238. The second kappa shape index (κ2) is 8.31. The van der Waals surface area contributed by atoms with Crippen LogP contribution in [0.3, 0.4) is 0 Å². The number of urea groups is 1. The predicted molar refractivity (Wildman–Crippen MR) is 113 cm³/mol. The lowest BCUT2D eigenvalue weighted by Crippen LogP contribution is -2.20. The molecule has 2 N–H and O–H groups in total. The van der Waals surface area contributed by atoms with Crippen LogP contribution in [0, 0.1) is 20.8 Å². The van der Waals surface area contributed by atoms with Gasteiger partial charge in [0.2, 0.25) is 0 Å². The highest BCUT2D eigenvalue weighted by Crippen LogP contribution is 2.22. The molecule has 0 bridgehead atoms. The van der Waals surface area contributed by atoms with Gasteiger partial charge in [-0.25, -0.2) is 4.79 Å². The molecule has 27 heavy (non-hydrogen) atoms. The van der Waals surface area contributed by atoms with Gasteiger partial charge < -0.3 is 10.6 Å². The maximum atomic E-state index is 12.4. The molecule has 6 heteroatoms. The van der Waals surface area contributed by atoms with Crippen molar-refractivity contribution in [3.05, 3.63) is 71.0 Å². The SMILES string of the molecule is CSc1cccc(NC(=O)Nc2c(C)nn(Cc3cccc(C)c3)c2C)c1. The van der Waals surface area contributed by atoms with Crippen LogP contribution in [0.2, 0.25) is 0 Å². The highest BCUT2D eigenvalue weighted by Gasteiger charge is 2.14. The zero-order chi connectivity index (χ0) is 19.4. The van der Waals surface area contributed by atoms with Crippen molar-refractivity contribution >= 4 is 29.2 Å². The molecule has 3 rings (SSSR count). The van der Waals surface area contributed by atoms with Crippen LogP contribution in [0.5, 0.6) is 0 Å². The van der Waals surface area contributed by atoms with Crippen LogP contribution in [-0.2, 0) is 6.54 Å². The van der Waals surface area contributed by atoms with Crippen LogP contribution >= 0.6 is 11.8 Å². The second-order valence-electron chi connectivity index (χ2n) is 6.50. The van der Waals surface area contributed by atoms with Crippen molar-refractivity contribution in [2.75, 3.05) is 16.9 Å². The van der Waals surface area contributed by atoms with Crippen molar-refractivity contribution in [1.82, 2.24) is 9.78 Å². The third kappa shape index (κ3) is 4.71. The minimum atomic E-state index is -0.269. The summed E-state index contributed by atoms with van der Waals surface area (Å²) < 4.78 is 1.92. The maximum absolute atomic E-state index is 12.4. The van der Waals surface area contributed by atoms with Crippen LogP contribution in [0.15, 0.2) is 53.4 Å². The number of nitrogens with one attached hydrogen (secondary N) is 2. The Morgan fingerprint density at radius 1 is 1.07 bits per heavy atom. The molecule has 0 aliphatic carbocycles. The van der Waals surface area contributed by atoms with E-state index in [1.54, 1.807) is 11.8 Å². The van der Waals surface area contributed by atoms with Gasteiger partial charge in [0.05, 0.1) is 23.6 Å². The molecular formula is C21H24N4OS.